The van der Waals surface area contributed by atoms with Gasteiger partial charge in [0.1, 0.15) is 23.3 Å². The van der Waals surface area contributed by atoms with Crippen LogP contribution in [0.4, 0.5) is 5.69 Å². The van der Waals surface area contributed by atoms with Gasteiger partial charge in [-0.2, -0.15) is 5.10 Å². The minimum atomic E-state index is 0.823. The summed E-state index contributed by atoms with van der Waals surface area (Å²) in [5, 5.41) is 4.35. The molecule has 5 nitrogen and oxygen atoms in total. The number of benzene rings is 2. The molecule has 0 spiro atoms. The van der Waals surface area contributed by atoms with E-state index in [2.05, 4.69) is 16.1 Å². The Balaban J connectivity index is 1.85. The number of hydrogen-bond donors (Lipinski definition) is 0. The van der Waals surface area contributed by atoms with Crippen LogP contribution in [0.15, 0.2) is 72.1 Å². The summed E-state index contributed by atoms with van der Waals surface area (Å²) < 4.78 is 7.13. The van der Waals surface area contributed by atoms with Gasteiger partial charge in [0.2, 0.25) is 0 Å². The van der Waals surface area contributed by atoms with Crippen LogP contribution in [-0.4, -0.2) is 27.4 Å². The van der Waals surface area contributed by atoms with Crippen LogP contribution in [0.5, 0.6) is 5.75 Å². The molecule has 0 amide bonds. The molecule has 0 bridgehead atoms. The quantitative estimate of drug-likeness (QED) is 0.494. The van der Waals surface area contributed by atoms with Crippen LogP contribution >= 0.6 is 0 Å². The average Bonchev–Trinajstić information content (AvgIpc) is 3.04. The number of para-hydroxylation sites is 1. The van der Waals surface area contributed by atoms with Crippen LogP contribution in [0.2, 0.25) is 0 Å². The number of hydrogen-bond acceptors (Lipinski definition) is 4. The van der Waals surface area contributed by atoms with Crippen molar-refractivity contribution in [3.8, 4) is 17.0 Å². The van der Waals surface area contributed by atoms with Crippen molar-refractivity contribution < 1.29 is 4.74 Å². The van der Waals surface area contributed by atoms with Crippen molar-refractivity contribution in [3.05, 3.63) is 78.2 Å². The van der Waals surface area contributed by atoms with E-state index in [1.807, 2.05) is 59.2 Å². The smallest absolute Gasteiger partial charge is 0.137 e. The summed E-state index contributed by atoms with van der Waals surface area (Å²) in [6.45, 7) is 0. The van der Waals surface area contributed by atoms with Gasteiger partial charge >= 0.3 is 0 Å². The second-order valence-electron chi connectivity index (χ2n) is 5.84. The summed E-state index contributed by atoms with van der Waals surface area (Å²) in [6.07, 6.45) is 3.53. The van der Waals surface area contributed by atoms with E-state index in [0.717, 1.165) is 45.0 Å². The molecule has 1 aliphatic rings. The number of ether oxygens (including phenoxy) is 1. The zero-order chi connectivity index (χ0) is 16.8. The van der Waals surface area contributed by atoms with Gasteiger partial charge in [0.05, 0.1) is 18.5 Å². The fraction of sp³-hybridized carbons (Fsp3) is 0.0500. The molecule has 5 rings (SSSR count). The molecule has 0 N–H and O–H groups in total. The topological polar surface area (TPSA) is 51.8 Å². The molecule has 0 saturated heterocycles. The van der Waals surface area contributed by atoms with Gasteiger partial charge in [-0.25, -0.2) is 14.5 Å². The van der Waals surface area contributed by atoms with Gasteiger partial charge in [-0.1, -0.05) is 18.2 Å². The number of fused-ring (bicyclic) bond motifs is 2. The van der Waals surface area contributed by atoms with Crippen molar-refractivity contribution >= 4 is 16.9 Å². The van der Waals surface area contributed by atoms with Crippen molar-refractivity contribution in [2.24, 2.45) is 4.99 Å². The lowest BCUT2D eigenvalue weighted by atomic mass is 10.0. The van der Waals surface area contributed by atoms with Gasteiger partial charge in [0.25, 0.3) is 0 Å². The Hall–Kier alpha value is -3.47. The van der Waals surface area contributed by atoms with E-state index >= 15 is 0 Å². The minimum absolute atomic E-state index is 0.823. The van der Waals surface area contributed by atoms with Crippen molar-refractivity contribution in [3.63, 3.8) is 0 Å². The molecule has 0 saturated carbocycles. The first kappa shape index (κ1) is 13.9. The predicted molar refractivity (Wildman–Crippen MR) is 96.7 cm³/mol. The number of methoxy groups -OCH3 is 1. The first-order valence-corrected chi connectivity index (χ1v) is 8.00. The molecule has 5 heteroatoms. The molecule has 0 atom stereocenters. The summed E-state index contributed by atoms with van der Waals surface area (Å²) in [6, 6.07) is 18.1. The van der Waals surface area contributed by atoms with Gasteiger partial charge in [-0.3, -0.25) is 0 Å². The summed E-state index contributed by atoms with van der Waals surface area (Å²) in [5.74, 6) is 0.823. The molecule has 0 aliphatic carbocycles. The highest BCUT2D eigenvalue weighted by atomic mass is 16.5. The predicted octanol–water partition coefficient (Wildman–Crippen LogP) is 3.89. The largest absolute Gasteiger partial charge is 0.497 e. The average molecular weight is 326 g/mol. The van der Waals surface area contributed by atoms with Gasteiger partial charge in [0.15, 0.2) is 0 Å². The third kappa shape index (κ3) is 2.06. The Morgan fingerprint density at radius 3 is 2.60 bits per heavy atom. The first-order valence-electron chi connectivity index (χ1n) is 8.00. The lowest BCUT2D eigenvalue weighted by Gasteiger charge is -2.06. The number of nitrogens with zero attached hydrogens (tertiary/aromatic N) is 4. The molecule has 2 aromatic carbocycles. The number of aromatic nitrogens is 3. The molecular weight excluding hydrogens is 312 g/mol. The Kier molecular flexibility index (Phi) is 2.94. The Labute approximate surface area is 144 Å². The van der Waals surface area contributed by atoms with Crippen LogP contribution in [0.3, 0.4) is 0 Å². The second kappa shape index (κ2) is 5.27. The van der Waals surface area contributed by atoms with Crippen molar-refractivity contribution in [1.29, 1.82) is 0 Å². The highest BCUT2D eigenvalue weighted by Gasteiger charge is 2.22. The van der Waals surface area contributed by atoms with E-state index in [1.165, 1.54) is 0 Å². The molecule has 1 aliphatic heterocycles. The summed E-state index contributed by atoms with van der Waals surface area (Å²) in [7, 11) is 1.67. The maximum absolute atomic E-state index is 5.27. The number of aliphatic imine (C=N–C) groups is 1. The number of rotatable bonds is 2. The molecule has 0 unspecified atom stereocenters. The van der Waals surface area contributed by atoms with Crippen molar-refractivity contribution in [2.75, 3.05) is 7.11 Å². The Bertz CT molecular complexity index is 1130. The zero-order valence-electron chi connectivity index (χ0n) is 13.5. The minimum Gasteiger partial charge on any atom is -0.497 e. The normalized spacial score (nSPS) is 12.4. The van der Waals surface area contributed by atoms with E-state index in [1.54, 1.807) is 13.4 Å². The molecule has 120 valence electrons. The Morgan fingerprint density at radius 1 is 0.920 bits per heavy atom. The lowest BCUT2D eigenvalue weighted by Crippen LogP contribution is -2.03. The van der Waals surface area contributed by atoms with Crippen molar-refractivity contribution in [2.45, 2.75) is 0 Å². The van der Waals surface area contributed by atoms with Crippen molar-refractivity contribution in [1.82, 2.24) is 14.6 Å². The summed E-state index contributed by atoms with van der Waals surface area (Å²) >= 11 is 0. The monoisotopic (exact) mass is 326 g/mol. The third-order valence-electron chi connectivity index (χ3n) is 4.46. The maximum atomic E-state index is 5.27. The summed E-state index contributed by atoms with van der Waals surface area (Å²) in [4.78, 5) is 9.51. The van der Waals surface area contributed by atoms with E-state index in [0.29, 0.717) is 0 Å². The van der Waals surface area contributed by atoms with E-state index in [4.69, 9.17) is 9.73 Å². The zero-order valence-corrected chi connectivity index (χ0v) is 13.5. The lowest BCUT2D eigenvalue weighted by molar-refractivity contribution is 0.415. The molecule has 0 radical (unpaired) electrons. The Morgan fingerprint density at radius 2 is 1.76 bits per heavy atom. The van der Waals surface area contributed by atoms with Crippen LogP contribution in [-0.2, 0) is 0 Å². The van der Waals surface area contributed by atoms with Crippen LogP contribution in [0.25, 0.3) is 16.8 Å². The molecule has 3 heterocycles. The van der Waals surface area contributed by atoms with Crippen LogP contribution in [0.1, 0.15) is 11.1 Å². The molecule has 25 heavy (non-hydrogen) atoms. The molecule has 2 aromatic heterocycles. The highest BCUT2D eigenvalue weighted by Crippen LogP contribution is 2.37. The van der Waals surface area contributed by atoms with Crippen LogP contribution < -0.4 is 4.74 Å². The van der Waals surface area contributed by atoms with E-state index < -0.39 is 0 Å². The van der Waals surface area contributed by atoms with E-state index in [9.17, 15) is 0 Å². The molecule has 4 aromatic rings. The first-order chi connectivity index (χ1) is 12.3. The summed E-state index contributed by atoms with van der Waals surface area (Å²) in [5.41, 5.74) is 6.76. The van der Waals surface area contributed by atoms with Gasteiger partial charge in [-0.05, 0) is 36.4 Å². The van der Waals surface area contributed by atoms with Gasteiger partial charge < -0.3 is 4.74 Å². The maximum Gasteiger partial charge on any atom is 0.137 e. The SMILES string of the molecule is COc1ccc(C2=Nc3ccccc3-c3ncnn4ccc2c34)cc1. The van der Waals surface area contributed by atoms with Gasteiger partial charge in [0, 0.05) is 22.9 Å². The van der Waals surface area contributed by atoms with E-state index in [-0.39, 0.29) is 0 Å². The third-order valence-corrected chi connectivity index (χ3v) is 4.46. The fourth-order valence-electron chi connectivity index (χ4n) is 3.26. The molecular formula is C20H14N4O. The van der Waals surface area contributed by atoms with Gasteiger partial charge in [-0.15, -0.1) is 0 Å². The standard InChI is InChI=1S/C20H14N4O/c1-25-14-8-6-13(7-9-14)18-16-10-11-24-20(16)19(21-12-22-24)15-4-2-3-5-17(15)23-18/h2-12H,1H3. The van der Waals surface area contributed by atoms with Crippen LogP contribution in [0, 0.1) is 0 Å². The fourth-order valence-corrected chi connectivity index (χ4v) is 3.26. The molecule has 0 fully saturated rings. The highest BCUT2D eigenvalue weighted by molar-refractivity contribution is 6.20. The second-order valence-corrected chi connectivity index (χ2v) is 5.84.